The molecule has 0 bridgehead atoms. The van der Waals surface area contributed by atoms with Crippen LogP contribution < -0.4 is 0 Å². The van der Waals surface area contributed by atoms with E-state index in [1.807, 2.05) is 0 Å². The lowest BCUT2D eigenvalue weighted by Gasteiger charge is -1.97. The van der Waals surface area contributed by atoms with Crippen molar-refractivity contribution in [2.75, 3.05) is 5.75 Å². The number of aryl methyl sites for hydroxylation is 1. The Bertz CT molecular complexity index is 264. The summed E-state index contributed by atoms with van der Waals surface area (Å²) in [7, 11) is 0. The predicted molar refractivity (Wildman–Crippen MR) is 71.6 cm³/mol. The van der Waals surface area contributed by atoms with Gasteiger partial charge in [-0.25, -0.2) is 0 Å². The number of hydrogen-bond acceptors (Lipinski definition) is 1. The fraction of sp³-hybridized carbons (Fsp3) is 0.429. The third-order valence-corrected chi connectivity index (χ3v) is 2.69. The number of allylic oxidation sites excluding steroid dienone is 2. The van der Waals surface area contributed by atoms with Crippen LogP contribution in [0.1, 0.15) is 31.2 Å². The molecule has 1 aromatic rings. The summed E-state index contributed by atoms with van der Waals surface area (Å²) in [5.41, 5.74) is 1.45. The number of benzene rings is 1. The van der Waals surface area contributed by atoms with Gasteiger partial charge in [-0.05, 0) is 43.4 Å². The fourth-order valence-corrected chi connectivity index (χ4v) is 1.70. The van der Waals surface area contributed by atoms with Crippen LogP contribution in [0.4, 0.5) is 0 Å². The zero-order chi connectivity index (χ0) is 10.8. The Kier molecular flexibility index (Phi) is 7.10. The molecule has 0 nitrogen and oxygen atoms in total. The summed E-state index contributed by atoms with van der Waals surface area (Å²) in [5.74, 6) is 0.994. The quantitative estimate of drug-likeness (QED) is 0.396. The van der Waals surface area contributed by atoms with Crippen molar-refractivity contribution >= 4 is 12.6 Å². The van der Waals surface area contributed by atoms with Crippen LogP contribution in [0.3, 0.4) is 0 Å². The van der Waals surface area contributed by atoms with Crippen LogP contribution in [0, 0.1) is 0 Å². The minimum Gasteiger partial charge on any atom is -0.179 e. The molecule has 0 aliphatic carbocycles. The van der Waals surface area contributed by atoms with Gasteiger partial charge in [0.25, 0.3) is 0 Å². The molecule has 0 fully saturated rings. The van der Waals surface area contributed by atoms with Gasteiger partial charge in [-0.3, -0.25) is 0 Å². The summed E-state index contributed by atoms with van der Waals surface area (Å²) in [5, 5.41) is 0. The van der Waals surface area contributed by atoms with Gasteiger partial charge in [0, 0.05) is 0 Å². The molecule has 0 spiro atoms. The van der Waals surface area contributed by atoms with Gasteiger partial charge in [0.2, 0.25) is 0 Å². The first-order chi connectivity index (χ1) is 7.43. The van der Waals surface area contributed by atoms with Crippen LogP contribution in [-0.2, 0) is 6.42 Å². The second kappa shape index (κ2) is 8.60. The van der Waals surface area contributed by atoms with Gasteiger partial charge in [-0.2, -0.15) is 12.6 Å². The van der Waals surface area contributed by atoms with Gasteiger partial charge in [-0.1, -0.05) is 42.5 Å². The standard InChI is InChI=1S/C14H20S/c15-13-9-4-2-1-3-6-10-14-11-7-5-8-12-14/h1-2,5,7-8,11-12,15H,3-4,6,9-10,13H2/b2-1+. The monoisotopic (exact) mass is 220 g/mol. The summed E-state index contributed by atoms with van der Waals surface area (Å²) in [6, 6.07) is 10.7. The van der Waals surface area contributed by atoms with Crippen molar-refractivity contribution in [3.8, 4) is 0 Å². The lowest BCUT2D eigenvalue weighted by molar-refractivity contribution is 0.837. The Balaban J connectivity index is 2.04. The zero-order valence-corrected chi connectivity index (χ0v) is 10.1. The smallest absolute Gasteiger partial charge is 0.00950 e. The molecular weight excluding hydrogens is 200 g/mol. The van der Waals surface area contributed by atoms with Crippen molar-refractivity contribution in [2.45, 2.75) is 32.1 Å². The molecule has 0 heterocycles. The summed E-state index contributed by atoms with van der Waals surface area (Å²) < 4.78 is 0. The maximum atomic E-state index is 4.18. The highest BCUT2D eigenvalue weighted by atomic mass is 32.1. The van der Waals surface area contributed by atoms with E-state index >= 15 is 0 Å². The van der Waals surface area contributed by atoms with Crippen LogP contribution in [-0.4, -0.2) is 5.75 Å². The lowest BCUT2D eigenvalue weighted by Crippen LogP contribution is -1.82. The minimum absolute atomic E-state index is 0.994. The number of hydrogen-bond donors (Lipinski definition) is 1. The molecule has 1 rings (SSSR count). The molecule has 0 saturated heterocycles. The molecule has 1 heteroatoms. The van der Waals surface area contributed by atoms with Crippen molar-refractivity contribution in [3.63, 3.8) is 0 Å². The second-order valence-corrected chi connectivity index (χ2v) is 4.16. The Hall–Kier alpha value is -0.690. The molecule has 0 radical (unpaired) electrons. The van der Waals surface area contributed by atoms with Crippen LogP contribution in [0.2, 0.25) is 0 Å². The highest BCUT2D eigenvalue weighted by molar-refractivity contribution is 7.80. The summed E-state index contributed by atoms with van der Waals surface area (Å²) >= 11 is 4.18. The van der Waals surface area contributed by atoms with E-state index in [0.717, 1.165) is 5.75 Å². The lowest BCUT2D eigenvalue weighted by atomic mass is 10.1. The van der Waals surface area contributed by atoms with Crippen LogP contribution >= 0.6 is 12.6 Å². The molecule has 1 aromatic carbocycles. The van der Waals surface area contributed by atoms with Crippen LogP contribution in [0.15, 0.2) is 42.5 Å². The molecule has 0 amide bonds. The zero-order valence-electron chi connectivity index (χ0n) is 9.23. The van der Waals surface area contributed by atoms with E-state index in [4.69, 9.17) is 0 Å². The van der Waals surface area contributed by atoms with Gasteiger partial charge in [-0.15, -0.1) is 0 Å². The Morgan fingerprint density at radius 2 is 1.60 bits per heavy atom. The highest BCUT2D eigenvalue weighted by Gasteiger charge is 1.89. The van der Waals surface area contributed by atoms with E-state index in [1.165, 1.54) is 37.7 Å². The third-order valence-electron chi connectivity index (χ3n) is 2.37. The van der Waals surface area contributed by atoms with Gasteiger partial charge < -0.3 is 0 Å². The summed E-state index contributed by atoms with van der Waals surface area (Å²) in [6.45, 7) is 0. The SMILES string of the molecule is SCCC/C=C/CCCc1ccccc1. The molecule has 82 valence electrons. The summed E-state index contributed by atoms with van der Waals surface area (Å²) in [6.07, 6.45) is 10.6. The van der Waals surface area contributed by atoms with E-state index in [9.17, 15) is 0 Å². The number of unbranched alkanes of at least 4 members (excludes halogenated alkanes) is 2. The minimum atomic E-state index is 0.994. The predicted octanol–water partition coefficient (Wildman–Crippen LogP) is 4.28. The van der Waals surface area contributed by atoms with Gasteiger partial charge in [0.1, 0.15) is 0 Å². The maximum Gasteiger partial charge on any atom is -0.00950 e. The van der Waals surface area contributed by atoms with Crippen molar-refractivity contribution in [2.24, 2.45) is 0 Å². The molecular formula is C14H20S. The Labute approximate surface area is 98.8 Å². The first-order valence-corrected chi connectivity index (χ1v) is 6.36. The van der Waals surface area contributed by atoms with Crippen molar-refractivity contribution in [1.29, 1.82) is 0 Å². The Morgan fingerprint density at radius 3 is 2.27 bits per heavy atom. The van der Waals surface area contributed by atoms with E-state index in [1.54, 1.807) is 0 Å². The van der Waals surface area contributed by atoms with Crippen LogP contribution in [0.25, 0.3) is 0 Å². The van der Waals surface area contributed by atoms with Crippen molar-refractivity contribution in [3.05, 3.63) is 48.0 Å². The summed E-state index contributed by atoms with van der Waals surface area (Å²) in [4.78, 5) is 0. The molecule has 15 heavy (non-hydrogen) atoms. The van der Waals surface area contributed by atoms with Crippen molar-refractivity contribution < 1.29 is 0 Å². The fourth-order valence-electron chi connectivity index (χ4n) is 1.51. The topological polar surface area (TPSA) is 0 Å². The second-order valence-electron chi connectivity index (χ2n) is 3.72. The van der Waals surface area contributed by atoms with E-state index in [0.29, 0.717) is 0 Å². The van der Waals surface area contributed by atoms with E-state index < -0.39 is 0 Å². The molecule has 0 aromatic heterocycles. The van der Waals surface area contributed by atoms with Gasteiger partial charge >= 0.3 is 0 Å². The average molecular weight is 220 g/mol. The molecule has 0 unspecified atom stereocenters. The number of thiol groups is 1. The van der Waals surface area contributed by atoms with Gasteiger partial charge in [0.15, 0.2) is 0 Å². The normalized spacial score (nSPS) is 11.0. The number of rotatable bonds is 7. The maximum absolute atomic E-state index is 4.18. The average Bonchev–Trinajstić information content (AvgIpc) is 2.29. The van der Waals surface area contributed by atoms with Crippen molar-refractivity contribution in [1.82, 2.24) is 0 Å². The molecule has 0 N–H and O–H groups in total. The van der Waals surface area contributed by atoms with Gasteiger partial charge in [0.05, 0.1) is 0 Å². The molecule has 0 aliphatic rings. The first kappa shape index (κ1) is 12.4. The highest BCUT2D eigenvalue weighted by Crippen LogP contribution is 2.05. The van der Waals surface area contributed by atoms with Crippen LogP contribution in [0.5, 0.6) is 0 Å². The Morgan fingerprint density at radius 1 is 0.933 bits per heavy atom. The third kappa shape index (κ3) is 6.40. The largest absolute Gasteiger partial charge is 0.179 e. The molecule has 0 saturated carbocycles. The van der Waals surface area contributed by atoms with E-state index in [-0.39, 0.29) is 0 Å². The first-order valence-electron chi connectivity index (χ1n) is 5.73. The molecule has 0 atom stereocenters. The van der Waals surface area contributed by atoms with E-state index in [2.05, 4.69) is 55.1 Å². The molecule has 0 aliphatic heterocycles.